The summed E-state index contributed by atoms with van der Waals surface area (Å²) >= 11 is 0. The molecule has 0 saturated heterocycles. The normalized spacial score (nSPS) is 12.3. The van der Waals surface area contributed by atoms with Crippen LogP contribution in [0.3, 0.4) is 0 Å². The Bertz CT molecular complexity index is 181. The van der Waals surface area contributed by atoms with Crippen LogP contribution in [0.5, 0.6) is 0 Å². The molecule has 15 heavy (non-hydrogen) atoms. The minimum absolute atomic E-state index is 0.0574. The zero-order valence-corrected chi connectivity index (χ0v) is 10.3. The van der Waals surface area contributed by atoms with Gasteiger partial charge < -0.3 is 19.3 Å². The molecule has 0 amide bonds. The molecule has 2 N–H and O–H groups in total. The molecule has 0 rings (SSSR count). The van der Waals surface area contributed by atoms with Crippen LogP contribution in [-0.4, -0.2) is 41.9 Å². The SMILES string of the molecule is CCCOCC(COCCC)P(=O)(O)O. The molecule has 0 aromatic carbocycles. The second-order valence-corrected chi connectivity index (χ2v) is 5.30. The van der Waals surface area contributed by atoms with E-state index in [0.29, 0.717) is 13.2 Å². The molecule has 6 heteroatoms. The maximum atomic E-state index is 11.1. The quantitative estimate of drug-likeness (QED) is 0.470. The van der Waals surface area contributed by atoms with E-state index in [9.17, 15) is 4.57 Å². The summed E-state index contributed by atoms with van der Waals surface area (Å²) in [6.07, 6.45) is 1.67. The molecule has 0 radical (unpaired) electrons. The van der Waals surface area contributed by atoms with Gasteiger partial charge in [0.2, 0.25) is 0 Å². The van der Waals surface area contributed by atoms with Crippen LogP contribution in [0.1, 0.15) is 26.7 Å². The molecule has 0 fully saturated rings. The Hall–Kier alpha value is 0.0700. The summed E-state index contributed by atoms with van der Waals surface area (Å²) in [6, 6.07) is 0. The fourth-order valence-corrected chi connectivity index (χ4v) is 1.57. The molecule has 0 aromatic rings. The Balaban J connectivity index is 3.91. The van der Waals surface area contributed by atoms with Crippen LogP contribution in [0.15, 0.2) is 0 Å². The first kappa shape index (κ1) is 15.1. The predicted octanol–water partition coefficient (Wildman–Crippen LogP) is 1.39. The minimum atomic E-state index is -4.11. The lowest BCUT2D eigenvalue weighted by Crippen LogP contribution is -2.23. The zero-order chi connectivity index (χ0) is 11.7. The van der Waals surface area contributed by atoms with E-state index in [2.05, 4.69) is 0 Å². The first-order chi connectivity index (χ1) is 7.02. The second kappa shape index (κ2) is 8.25. The van der Waals surface area contributed by atoms with Crippen LogP contribution in [0.25, 0.3) is 0 Å². The number of rotatable bonds is 9. The third-order valence-corrected chi connectivity index (χ3v) is 3.04. The Morgan fingerprint density at radius 3 is 1.73 bits per heavy atom. The van der Waals surface area contributed by atoms with Crippen molar-refractivity contribution in [1.82, 2.24) is 0 Å². The van der Waals surface area contributed by atoms with Gasteiger partial charge in [-0.2, -0.15) is 0 Å². The largest absolute Gasteiger partial charge is 0.380 e. The lowest BCUT2D eigenvalue weighted by molar-refractivity contribution is 0.0790. The summed E-state index contributed by atoms with van der Waals surface area (Å²) in [4.78, 5) is 18.1. The Morgan fingerprint density at radius 1 is 1.07 bits per heavy atom. The standard InChI is InChI=1S/C9H21O5P/c1-3-5-13-7-9(15(10,11)12)8-14-6-4-2/h9H,3-8H2,1-2H3,(H2,10,11,12). The van der Waals surface area contributed by atoms with Gasteiger partial charge >= 0.3 is 7.60 Å². The maximum absolute atomic E-state index is 11.1. The summed E-state index contributed by atoms with van der Waals surface area (Å²) in [5.74, 6) is 0. The minimum Gasteiger partial charge on any atom is -0.380 e. The summed E-state index contributed by atoms with van der Waals surface area (Å²) in [5.41, 5.74) is -0.837. The van der Waals surface area contributed by atoms with E-state index >= 15 is 0 Å². The first-order valence-corrected chi connectivity index (χ1v) is 6.91. The summed E-state index contributed by atoms with van der Waals surface area (Å²) in [6.45, 7) is 5.04. The highest BCUT2D eigenvalue weighted by Crippen LogP contribution is 2.41. The topological polar surface area (TPSA) is 76.0 Å². The lowest BCUT2D eigenvalue weighted by Gasteiger charge is -2.18. The van der Waals surface area contributed by atoms with E-state index < -0.39 is 13.3 Å². The highest BCUT2D eigenvalue weighted by Gasteiger charge is 2.29. The van der Waals surface area contributed by atoms with E-state index in [1.165, 1.54) is 0 Å². The molecule has 0 atom stereocenters. The highest BCUT2D eigenvalue weighted by atomic mass is 31.2. The number of hydrogen-bond donors (Lipinski definition) is 2. The average molecular weight is 240 g/mol. The van der Waals surface area contributed by atoms with E-state index in [1.54, 1.807) is 0 Å². The van der Waals surface area contributed by atoms with E-state index in [-0.39, 0.29) is 13.2 Å². The van der Waals surface area contributed by atoms with E-state index in [4.69, 9.17) is 19.3 Å². The van der Waals surface area contributed by atoms with Crippen molar-refractivity contribution in [2.45, 2.75) is 32.3 Å². The van der Waals surface area contributed by atoms with Gasteiger partial charge in [0, 0.05) is 13.2 Å². The Kier molecular flexibility index (Phi) is 8.29. The van der Waals surface area contributed by atoms with Crippen LogP contribution in [0.2, 0.25) is 0 Å². The van der Waals surface area contributed by atoms with E-state index in [1.807, 2.05) is 13.8 Å². The highest BCUT2D eigenvalue weighted by molar-refractivity contribution is 7.52. The molecule has 0 unspecified atom stereocenters. The van der Waals surface area contributed by atoms with Crippen molar-refractivity contribution in [3.05, 3.63) is 0 Å². The second-order valence-electron chi connectivity index (χ2n) is 3.39. The Morgan fingerprint density at radius 2 is 1.47 bits per heavy atom. The Labute approximate surface area is 90.9 Å². The van der Waals surface area contributed by atoms with Gasteiger partial charge in [0.05, 0.1) is 13.2 Å². The van der Waals surface area contributed by atoms with Gasteiger partial charge in [0.25, 0.3) is 0 Å². The summed E-state index contributed by atoms with van der Waals surface area (Å²) < 4.78 is 21.3. The van der Waals surface area contributed by atoms with Crippen LogP contribution in [0.4, 0.5) is 0 Å². The number of ether oxygens (including phenoxy) is 2. The fraction of sp³-hybridized carbons (Fsp3) is 1.00. The fourth-order valence-electron chi connectivity index (χ4n) is 0.970. The van der Waals surface area contributed by atoms with Crippen LogP contribution in [-0.2, 0) is 14.0 Å². The first-order valence-electron chi connectivity index (χ1n) is 5.23. The smallest absolute Gasteiger partial charge is 0.333 e. The molecule has 0 aliphatic carbocycles. The molecule has 0 aliphatic rings. The molecular weight excluding hydrogens is 219 g/mol. The molecule has 0 aromatic heterocycles. The van der Waals surface area contributed by atoms with Crippen molar-refractivity contribution in [3.8, 4) is 0 Å². The van der Waals surface area contributed by atoms with Crippen molar-refractivity contribution in [2.75, 3.05) is 26.4 Å². The monoisotopic (exact) mass is 240 g/mol. The van der Waals surface area contributed by atoms with Crippen molar-refractivity contribution < 1.29 is 23.8 Å². The van der Waals surface area contributed by atoms with Crippen LogP contribution in [0, 0.1) is 0 Å². The molecular formula is C9H21O5P. The lowest BCUT2D eigenvalue weighted by atomic mass is 10.4. The van der Waals surface area contributed by atoms with Crippen molar-refractivity contribution in [1.29, 1.82) is 0 Å². The van der Waals surface area contributed by atoms with Crippen LogP contribution >= 0.6 is 7.60 Å². The van der Waals surface area contributed by atoms with Crippen molar-refractivity contribution in [2.24, 2.45) is 0 Å². The average Bonchev–Trinajstić information content (AvgIpc) is 2.14. The van der Waals surface area contributed by atoms with Gasteiger partial charge in [-0.3, -0.25) is 4.57 Å². The van der Waals surface area contributed by atoms with Gasteiger partial charge in [-0.25, -0.2) is 0 Å². The molecule has 0 saturated carbocycles. The maximum Gasteiger partial charge on any atom is 0.333 e. The van der Waals surface area contributed by atoms with Gasteiger partial charge in [-0.1, -0.05) is 13.8 Å². The molecule has 5 nitrogen and oxygen atoms in total. The summed E-state index contributed by atoms with van der Waals surface area (Å²) in [7, 11) is -4.11. The van der Waals surface area contributed by atoms with Gasteiger partial charge in [0.1, 0.15) is 5.66 Å². The molecule has 92 valence electrons. The van der Waals surface area contributed by atoms with E-state index in [0.717, 1.165) is 12.8 Å². The summed E-state index contributed by atoms with van der Waals surface area (Å²) in [5, 5.41) is 0. The molecule has 0 aliphatic heterocycles. The van der Waals surface area contributed by atoms with Crippen molar-refractivity contribution in [3.63, 3.8) is 0 Å². The van der Waals surface area contributed by atoms with Crippen LogP contribution < -0.4 is 0 Å². The number of hydrogen-bond acceptors (Lipinski definition) is 3. The molecule has 0 heterocycles. The van der Waals surface area contributed by atoms with Gasteiger partial charge in [0.15, 0.2) is 0 Å². The van der Waals surface area contributed by atoms with Gasteiger partial charge in [-0.05, 0) is 12.8 Å². The third kappa shape index (κ3) is 7.94. The molecule has 0 bridgehead atoms. The molecule has 0 spiro atoms. The third-order valence-electron chi connectivity index (χ3n) is 1.79. The predicted molar refractivity (Wildman–Crippen MR) is 58.1 cm³/mol. The van der Waals surface area contributed by atoms with Crippen molar-refractivity contribution >= 4 is 7.60 Å². The van der Waals surface area contributed by atoms with Gasteiger partial charge in [-0.15, -0.1) is 0 Å². The zero-order valence-electron chi connectivity index (χ0n) is 9.39.